The zero-order valence-corrected chi connectivity index (χ0v) is 9.70. The molecular weight excluding hydrogens is 259 g/mol. The van der Waals surface area contributed by atoms with Crippen molar-refractivity contribution in [2.24, 2.45) is 0 Å². The summed E-state index contributed by atoms with van der Waals surface area (Å²) in [6, 6.07) is 7.63. The molecule has 0 bridgehead atoms. The minimum Gasteiger partial charge on any atom is -0.485 e. The van der Waals surface area contributed by atoms with Crippen LogP contribution in [0.15, 0.2) is 42.6 Å². The van der Waals surface area contributed by atoms with Crippen LogP contribution < -0.4 is 4.74 Å². The van der Waals surface area contributed by atoms with Gasteiger partial charge in [0.15, 0.2) is 6.61 Å². The van der Waals surface area contributed by atoms with Gasteiger partial charge in [0.05, 0.1) is 11.3 Å². The van der Waals surface area contributed by atoms with Crippen LogP contribution in [0.3, 0.4) is 0 Å². The molecule has 2 rings (SSSR count). The summed E-state index contributed by atoms with van der Waals surface area (Å²) in [5, 5.41) is 0. The quantitative estimate of drug-likeness (QED) is 0.865. The Morgan fingerprint density at radius 2 is 2.00 bits per heavy atom. The first kappa shape index (κ1) is 13.2. The van der Waals surface area contributed by atoms with Crippen LogP contribution in [0.1, 0.15) is 16.1 Å². The average Bonchev–Trinajstić information content (AvgIpc) is 2.89. The number of alkyl halides is 3. The Morgan fingerprint density at radius 1 is 1.21 bits per heavy atom. The highest BCUT2D eigenvalue weighted by atomic mass is 19.4. The van der Waals surface area contributed by atoms with Crippen LogP contribution in [0.25, 0.3) is 0 Å². The predicted molar refractivity (Wildman–Crippen MR) is 62.1 cm³/mol. The number of aromatic nitrogens is 1. The molecule has 0 fully saturated rings. The fraction of sp³-hybridized carbons (Fsp3) is 0.154. The zero-order valence-electron chi connectivity index (χ0n) is 9.70. The van der Waals surface area contributed by atoms with Crippen LogP contribution in [0.2, 0.25) is 0 Å². The predicted octanol–water partition coefficient (Wildman–Crippen LogP) is 3.30. The molecule has 0 aliphatic rings. The Labute approximate surface area is 107 Å². The van der Waals surface area contributed by atoms with Crippen molar-refractivity contribution in [3.63, 3.8) is 0 Å². The average molecular weight is 269 g/mol. The van der Waals surface area contributed by atoms with Gasteiger partial charge in [0, 0.05) is 6.20 Å². The van der Waals surface area contributed by atoms with Gasteiger partial charge in [-0.25, -0.2) is 0 Å². The molecule has 0 radical (unpaired) electrons. The molecule has 0 saturated heterocycles. The number of ether oxygens (including phenoxy) is 1. The van der Waals surface area contributed by atoms with Crippen LogP contribution in [-0.2, 0) is 6.18 Å². The van der Waals surface area contributed by atoms with E-state index in [1.54, 1.807) is 18.3 Å². The van der Waals surface area contributed by atoms with Gasteiger partial charge >= 0.3 is 6.18 Å². The first-order valence-electron chi connectivity index (χ1n) is 5.43. The maximum atomic E-state index is 12.5. The van der Waals surface area contributed by atoms with Crippen molar-refractivity contribution < 1.29 is 22.7 Å². The number of carbonyl (C=O) groups is 1. The van der Waals surface area contributed by atoms with E-state index in [-0.39, 0.29) is 18.1 Å². The number of aromatic amines is 1. The van der Waals surface area contributed by atoms with E-state index in [1.807, 2.05) is 0 Å². The van der Waals surface area contributed by atoms with Crippen molar-refractivity contribution in [2.75, 3.05) is 6.61 Å². The lowest BCUT2D eigenvalue weighted by atomic mass is 10.2. The molecule has 0 atom stereocenters. The van der Waals surface area contributed by atoms with E-state index in [2.05, 4.69) is 4.98 Å². The molecular formula is C13H10F3NO2. The van der Waals surface area contributed by atoms with Gasteiger partial charge in [-0.05, 0) is 30.3 Å². The molecule has 3 nitrogen and oxygen atoms in total. The summed E-state index contributed by atoms with van der Waals surface area (Å²) in [5.41, 5.74) is -0.454. The van der Waals surface area contributed by atoms with Gasteiger partial charge in [-0.3, -0.25) is 4.79 Å². The fourth-order valence-electron chi connectivity index (χ4n) is 1.49. The van der Waals surface area contributed by atoms with Gasteiger partial charge in [-0.2, -0.15) is 13.2 Å². The van der Waals surface area contributed by atoms with Crippen LogP contribution in [0.4, 0.5) is 13.2 Å². The normalized spacial score (nSPS) is 11.3. The van der Waals surface area contributed by atoms with Gasteiger partial charge in [0.2, 0.25) is 5.78 Å². The Bertz CT molecular complexity index is 562. The molecule has 1 aromatic heterocycles. The molecule has 0 aliphatic heterocycles. The summed E-state index contributed by atoms with van der Waals surface area (Å²) in [4.78, 5) is 14.3. The van der Waals surface area contributed by atoms with Gasteiger partial charge in [0.1, 0.15) is 5.75 Å². The zero-order chi connectivity index (χ0) is 13.9. The number of hydrogen-bond acceptors (Lipinski definition) is 2. The van der Waals surface area contributed by atoms with Crippen LogP contribution in [0.5, 0.6) is 5.75 Å². The number of H-pyrrole nitrogens is 1. The number of rotatable bonds is 4. The van der Waals surface area contributed by atoms with E-state index >= 15 is 0 Å². The van der Waals surface area contributed by atoms with Gasteiger partial charge in [-0.15, -0.1) is 0 Å². The molecule has 1 N–H and O–H groups in total. The largest absolute Gasteiger partial charge is 0.485 e. The highest BCUT2D eigenvalue weighted by Crippen LogP contribution is 2.31. The maximum absolute atomic E-state index is 12.5. The molecule has 100 valence electrons. The van der Waals surface area contributed by atoms with E-state index < -0.39 is 11.7 Å². The summed E-state index contributed by atoms with van der Waals surface area (Å²) in [6.07, 6.45) is -2.85. The molecule has 0 saturated carbocycles. The number of nitrogens with one attached hydrogen (secondary N) is 1. The summed E-state index contributed by atoms with van der Waals surface area (Å²) in [6.45, 7) is -0.318. The lowest BCUT2D eigenvalue weighted by Gasteiger charge is -2.09. The molecule has 0 spiro atoms. The highest BCUT2D eigenvalue weighted by molar-refractivity contribution is 5.95. The summed E-state index contributed by atoms with van der Waals surface area (Å²) in [5.74, 6) is -0.322. The summed E-state index contributed by atoms with van der Waals surface area (Å²) in [7, 11) is 0. The molecule has 0 unspecified atom stereocenters. The van der Waals surface area contributed by atoms with Crippen molar-refractivity contribution in [1.82, 2.24) is 4.98 Å². The van der Waals surface area contributed by atoms with E-state index in [0.29, 0.717) is 5.69 Å². The Hall–Kier alpha value is -2.24. The monoisotopic (exact) mass is 269 g/mol. The minimum absolute atomic E-state index is 0.00901. The van der Waals surface area contributed by atoms with Crippen molar-refractivity contribution in [2.45, 2.75) is 6.18 Å². The smallest absolute Gasteiger partial charge is 0.416 e. The Morgan fingerprint density at radius 3 is 2.63 bits per heavy atom. The molecule has 2 aromatic rings. The number of carbonyl (C=O) groups excluding carboxylic acids is 1. The second-order valence-electron chi connectivity index (χ2n) is 3.82. The van der Waals surface area contributed by atoms with Crippen molar-refractivity contribution >= 4 is 5.78 Å². The lowest BCUT2D eigenvalue weighted by Crippen LogP contribution is -2.12. The van der Waals surface area contributed by atoms with Crippen LogP contribution >= 0.6 is 0 Å². The first-order chi connectivity index (χ1) is 8.97. The third-order valence-electron chi connectivity index (χ3n) is 2.43. The minimum atomic E-state index is -4.43. The van der Waals surface area contributed by atoms with Crippen molar-refractivity contribution in [1.29, 1.82) is 0 Å². The number of benzene rings is 1. The van der Waals surface area contributed by atoms with Crippen molar-refractivity contribution in [3.05, 3.63) is 53.9 Å². The van der Waals surface area contributed by atoms with Gasteiger partial charge in [-0.1, -0.05) is 6.07 Å². The third-order valence-corrected chi connectivity index (χ3v) is 2.43. The van der Waals surface area contributed by atoms with Crippen LogP contribution in [-0.4, -0.2) is 17.4 Å². The lowest BCUT2D eigenvalue weighted by molar-refractivity contribution is -0.137. The molecule has 1 aromatic carbocycles. The first-order valence-corrected chi connectivity index (χ1v) is 5.43. The Kier molecular flexibility index (Phi) is 3.59. The number of halogens is 3. The molecule has 0 amide bonds. The number of Topliss-reactive ketones (excluding diaryl/α,β-unsaturated/α-hetero) is 1. The standard InChI is InChI=1S/C13H10F3NO2/c14-13(15,16)9-3-1-4-10(7-9)19-8-12(18)11-5-2-6-17-11/h1-7,17H,8H2. The Balaban J connectivity index is 2.02. The number of hydrogen-bond donors (Lipinski definition) is 1. The maximum Gasteiger partial charge on any atom is 0.416 e. The van der Waals surface area contributed by atoms with E-state index in [1.165, 1.54) is 12.1 Å². The third kappa shape index (κ3) is 3.37. The molecule has 19 heavy (non-hydrogen) atoms. The molecule has 0 aliphatic carbocycles. The van der Waals surface area contributed by atoms with E-state index in [4.69, 9.17) is 4.74 Å². The van der Waals surface area contributed by atoms with E-state index in [0.717, 1.165) is 12.1 Å². The van der Waals surface area contributed by atoms with Crippen molar-refractivity contribution in [3.8, 4) is 5.75 Å². The summed E-state index contributed by atoms with van der Waals surface area (Å²) < 4.78 is 42.4. The molecule has 6 heteroatoms. The van der Waals surface area contributed by atoms with E-state index in [9.17, 15) is 18.0 Å². The second-order valence-corrected chi connectivity index (χ2v) is 3.82. The SMILES string of the molecule is O=C(COc1cccc(C(F)(F)F)c1)c1ccc[nH]1. The van der Waals surface area contributed by atoms with Gasteiger partial charge in [0.25, 0.3) is 0 Å². The number of ketones is 1. The van der Waals surface area contributed by atoms with Gasteiger partial charge < -0.3 is 9.72 Å². The van der Waals surface area contributed by atoms with Crippen LogP contribution in [0, 0.1) is 0 Å². The topological polar surface area (TPSA) is 42.1 Å². The molecule has 1 heterocycles. The highest BCUT2D eigenvalue weighted by Gasteiger charge is 2.30. The fourth-order valence-corrected chi connectivity index (χ4v) is 1.49. The second kappa shape index (κ2) is 5.17. The summed E-state index contributed by atoms with van der Waals surface area (Å²) >= 11 is 0.